The number of para-hydroxylation sites is 1. The maximum atomic E-state index is 12.1. The molecule has 1 heterocycles. The molecule has 24 heavy (non-hydrogen) atoms. The molecule has 0 unspecified atom stereocenters. The van der Waals surface area contributed by atoms with Gasteiger partial charge in [0.15, 0.2) is 9.84 Å². The molecule has 0 bridgehead atoms. The summed E-state index contributed by atoms with van der Waals surface area (Å²) in [7, 11) is -3.69. The minimum Gasteiger partial charge on any atom is -0.273 e. The second-order valence-electron chi connectivity index (χ2n) is 4.85. The number of carbonyl (C=O) groups is 1. The Balaban J connectivity index is 1.66. The van der Waals surface area contributed by atoms with Gasteiger partial charge in [-0.25, -0.2) is 13.4 Å². The molecule has 2 aromatic carbocycles. The van der Waals surface area contributed by atoms with Crippen LogP contribution in [0.3, 0.4) is 0 Å². The summed E-state index contributed by atoms with van der Waals surface area (Å²) in [4.78, 5) is 16.2. The Morgan fingerprint density at radius 1 is 1.12 bits per heavy atom. The van der Waals surface area contributed by atoms with Crippen molar-refractivity contribution < 1.29 is 13.2 Å². The topological polar surface area (TPSA) is 88.2 Å². The molecule has 9 heteroatoms. The number of hydrogen-bond acceptors (Lipinski definition) is 6. The Bertz CT molecular complexity index is 988. The van der Waals surface area contributed by atoms with E-state index in [2.05, 4.69) is 15.8 Å². The van der Waals surface area contributed by atoms with Gasteiger partial charge in [0.1, 0.15) is 11.3 Å². The zero-order chi connectivity index (χ0) is 17.2. The zero-order valence-electron chi connectivity index (χ0n) is 12.2. The number of aromatic nitrogens is 1. The number of rotatable bonds is 5. The second kappa shape index (κ2) is 6.76. The Hall–Kier alpha value is -2.16. The standard InChI is InChI=1S/C15H12ClN3O3S2/c16-11-7-4-8-12-14(11)17-15(23-12)19-18-13(20)9-24(21,22)10-5-2-1-3-6-10/h1-8H,9H2,(H,17,19)(H,18,20). The largest absolute Gasteiger partial charge is 0.273 e. The van der Waals surface area contributed by atoms with Crippen LogP contribution in [0.4, 0.5) is 5.13 Å². The van der Waals surface area contributed by atoms with Gasteiger partial charge in [-0.1, -0.05) is 47.2 Å². The average molecular weight is 382 g/mol. The maximum absolute atomic E-state index is 12.1. The Labute approximate surface area is 147 Å². The number of hydrazine groups is 1. The number of thiazole rings is 1. The number of amides is 1. The summed E-state index contributed by atoms with van der Waals surface area (Å²) in [6, 6.07) is 13.2. The highest BCUT2D eigenvalue weighted by atomic mass is 35.5. The van der Waals surface area contributed by atoms with Crippen LogP contribution >= 0.6 is 22.9 Å². The number of carbonyl (C=O) groups excluding carboxylic acids is 1. The van der Waals surface area contributed by atoms with Crippen LogP contribution in [0.25, 0.3) is 10.2 Å². The summed E-state index contributed by atoms with van der Waals surface area (Å²) in [5.41, 5.74) is 5.58. The van der Waals surface area contributed by atoms with Crippen LogP contribution in [0.2, 0.25) is 5.02 Å². The van der Waals surface area contributed by atoms with Gasteiger partial charge in [0.05, 0.1) is 14.6 Å². The van der Waals surface area contributed by atoms with Gasteiger partial charge in [-0.3, -0.25) is 15.6 Å². The Kier molecular flexibility index (Phi) is 4.70. The molecule has 3 rings (SSSR count). The van der Waals surface area contributed by atoms with E-state index in [0.717, 1.165) is 4.70 Å². The lowest BCUT2D eigenvalue weighted by Gasteiger charge is -2.06. The van der Waals surface area contributed by atoms with Crippen molar-refractivity contribution in [2.75, 3.05) is 11.2 Å². The van der Waals surface area contributed by atoms with Gasteiger partial charge in [0, 0.05) is 0 Å². The molecule has 1 amide bonds. The van der Waals surface area contributed by atoms with Crippen LogP contribution in [0, 0.1) is 0 Å². The van der Waals surface area contributed by atoms with Gasteiger partial charge in [0.2, 0.25) is 5.13 Å². The molecule has 0 atom stereocenters. The first-order valence-electron chi connectivity index (χ1n) is 6.83. The van der Waals surface area contributed by atoms with Gasteiger partial charge in [0.25, 0.3) is 5.91 Å². The van der Waals surface area contributed by atoms with E-state index >= 15 is 0 Å². The molecular weight excluding hydrogens is 370 g/mol. The lowest BCUT2D eigenvalue weighted by atomic mass is 10.3. The van der Waals surface area contributed by atoms with Crippen LogP contribution < -0.4 is 10.9 Å². The predicted molar refractivity (Wildman–Crippen MR) is 94.9 cm³/mol. The van der Waals surface area contributed by atoms with Crippen LogP contribution in [0.5, 0.6) is 0 Å². The number of fused-ring (bicyclic) bond motifs is 1. The quantitative estimate of drug-likeness (QED) is 0.663. The molecule has 0 aliphatic carbocycles. The fraction of sp³-hybridized carbons (Fsp3) is 0.0667. The van der Waals surface area contributed by atoms with Crippen LogP contribution in [0.1, 0.15) is 0 Å². The van der Waals surface area contributed by atoms with Gasteiger partial charge in [-0.05, 0) is 24.3 Å². The van der Waals surface area contributed by atoms with E-state index in [1.54, 1.807) is 30.3 Å². The molecule has 0 saturated carbocycles. The molecule has 0 radical (unpaired) electrons. The third kappa shape index (κ3) is 3.66. The van der Waals surface area contributed by atoms with Crippen LogP contribution in [-0.4, -0.2) is 25.1 Å². The van der Waals surface area contributed by atoms with Gasteiger partial charge in [-0.15, -0.1) is 0 Å². The van der Waals surface area contributed by atoms with Crippen molar-refractivity contribution in [3.05, 3.63) is 53.6 Å². The van der Waals surface area contributed by atoms with E-state index in [-0.39, 0.29) is 4.90 Å². The van der Waals surface area contributed by atoms with Gasteiger partial charge < -0.3 is 0 Å². The minimum atomic E-state index is -3.69. The molecule has 0 spiro atoms. The summed E-state index contributed by atoms with van der Waals surface area (Å²) < 4.78 is 25.1. The van der Waals surface area contributed by atoms with Crippen molar-refractivity contribution in [3.8, 4) is 0 Å². The normalized spacial score (nSPS) is 11.4. The molecular formula is C15H12ClN3O3S2. The first-order valence-corrected chi connectivity index (χ1v) is 9.68. The fourth-order valence-electron chi connectivity index (χ4n) is 2.01. The Morgan fingerprint density at radius 2 is 1.88 bits per heavy atom. The van der Waals surface area contributed by atoms with E-state index in [0.29, 0.717) is 15.7 Å². The number of anilines is 1. The van der Waals surface area contributed by atoms with Crippen molar-refractivity contribution in [1.29, 1.82) is 0 Å². The Morgan fingerprint density at radius 3 is 2.58 bits per heavy atom. The molecule has 0 aliphatic rings. The first kappa shape index (κ1) is 16.7. The summed E-state index contributed by atoms with van der Waals surface area (Å²) in [5.74, 6) is -1.33. The van der Waals surface area contributed by atoms with Crippen molar-refractivity contribution in [1.82, 2.24) is 10.4 Å². The number of nitrogens with one attached hydrogen (secondary N) is 2. The molecule has 0 fully saturated rings. The number of hydrogen-bond donors (Lipinski definition) is 2. The van der Waals surface area contributed by atoms with Crippen molar-refractivity contribution in [3.63, 3.8) is 0 Å². The molecule has 1 aromatic heterocycles. The smallest absolute Gasteiger partial charge is 0.253 e. The molecule has 0 aliphatic heterocycles. The van der Waals surface area contributed by atoms with Gasteiger partial charge in [-0.2, -0.15) is 0 Å². The summed E-state index contributed by atoms with van der Waals surface area (Å²) in [6.07, 6.45) is 0. The van der Waals surface area contributed by atoms with E-state index in [1.807, 2.05) is 6.07 Å². The molecule has 2 N–H and O–H groups in total. The van der Waals surface area contributed by atoms with Gasteiger partial charge >= 0.3 is 0 Å². The monoisotopic (exact) mass is 381 g/mol. The lowest BCUT2D eigenvalue weighted by molar-refractivity contribution is -0.118. The highest BCUT2D eigenvalue weighted by Crippen LogP contribution is 2.30. The first-order chi connectivity index (χ1) is 11.5. The predicted octanol–water partition coefficient (Wildman–Crippen LogP) is 2.87. The van der Waals surface area contributed by atoms with E-state index in [1.165, 1.54) is 23.5 Å². The molecule has 6 nitrogen and oxygen atoms in total. The average Bonchev–Trinajstić information content (AvgIpc) is 2.98. The molecule has 3 aromatic rings. The van der Waals surface area contributed by atoms with E-state index < -0.39 is 21.5 Å². The maximum Gasteiger partial charge on any atom is 0.253 e. The van der Waals surface area contributed by atoms with Crippen molar-refractivity contribution in [2.24, 2.45) is 0 Å². The minimum absolute atomic E-state index is 0.104. The fourth-order valence-corrected chi connectivity index (χ4v) is 4.29. The zero-order valence-corrected chi connectivity index (χ0v) is 14.6. The highest BCUT2D eigenvalue weighted by molar-refractivity contribution is 7.92. The van der Waals surface area contributed by atoms with Crippen LogP contribution in [-0.2, 0) is 14.6 Å². The molecule has 0 saturated heterocycles. The second-order valence-corrected chi connectivity index (χ2v) is 8.28. The number of halogens is 1. The summed E-state index contributed by atoms with van der Waals surface area (Å²) in [6.45, 7) is 0. The third-order valence-electron chi connectivity index (χ3n) is 3.10. The third-order valence-corrected chi connectivity index (χ3v) is 5.98. The summed E-state index contributed by atoms with van der Waals surface area (Å²) in [5, 5.41) is 0.929. The highest BCUT2D eigenvalue weighted by Gasteiger charge is 2.19. The van der Waals surface area contributed by atoms with E-state index in [4.69, 9.17) is 11.6 Å². The SMILES string of the molecule is O=C(CS(=O)(=O)c1ccccc1)NNc1nc2c(Cl)cccc2s1. The molecule has 124 valence electrons. The number of nitrogens with zero attached hydrogens (tertiary/aromatic N) is 1. The number of sulfone groups is 1. The lowest BCUT2D eigenvalue weighted by Crippen LogP contribution is -2.34. The van der Waals surface area contributed by atoms with Crippen molar-refractivity contribution >= 4 is 54.0 Å². The van der Waals surface area contributed by atoms with Crippen molar-refractivity contribution in [2.45, 2.75) is 4.90 Å². The number of benzene rings is 2. The summed E-state index contributed by atoms with van der Waals surface area (Å²) >= 11 is 7.33. The van der Waals surface area contributed by atoms with E-state index in [9.17, 15) is 13.2 Å². The van der Waals surface area contributed by atoms with Crippen LogP contribution in [0.15, 0.2) is 53.4 Å².